The van der Waals surface area contributed by atoms with E-state index in [1.807, 2.05) is 12.1 Å². The summed E-state index contributed by atoms with van der Waals surface area (Å²) < 4.78 is 0. The first kappa shape index (κ1) is 12.5. The normalized spacial score (nSPS) is 20.9. The first-order valence-corrected chi connectivity index (χ1v) is 6.42. The summed E-state index contributed by atoms with van der Waals surface area (Å²) in [6.45, 7) is 2.09. The van der Waals surface area contributed by atoms with Crippen LogP contribution in [-0.2, 0) is 0 Å². The van der Waals surface area contributed by atoms with Crippen LogP contribution in [0, 0.1) is 0 Å². The van der Waals surface area contributed by atoms with E-state index >= 15 is 0 Å². The molecule has 1 heterocycles. The van der Waals surface area contributed by atoms with Gasteiger partial charge in [-0.05, 0) is 39.1 Å². The lowest BCUT2D eigenvalue weighted by Crippen LogP contribution is -2.45. The molecule has 0 bridgehead atoms. The van der Waals surface area contributed by atoms with E-state index in [-0.39, 0.29) is 0 Å². The number of anilines is 2. The molecule has 4 heteroatoms. The predicted octanol–water partition coefficient (Wildman–Crippen LogP) is 2.45. The highest BCUT2D eigenvalue weighted by molar-refractivity contribution is 6.33. The lowest BCUT2D eigenvalue weighted by molar-refractivity contribution is 0.258. The van der Waals surface area contributed by atoms with Gasteiger partial charge in [-0.25, -0.2) is 0 Å². The summed E-state index contributed by atoms with van der Waals surface area (Å²) in [5, 5.41) is 0.648. The SMILES string of the molecule is CN(C)C1CCCN(c2cccc(Cl)c2N)C1. The van der Waals surface area contributed by atoms with Crippen molar-refractivity contribution in [1.82, 2.24) is 4.90 Å². The van der Waals surface area contributed by atoms with Crippen molar-refractivity contribution in [1.29, 1.82) is 0 Å². The summed E-state index contributed by atoms with van der Waals surface area (Å²) in [5.74, 6) is 0. The molecule has 1 aliphatic heterocycles. The third-order valence-corrected chi connectivity index (χ3v) is 3.83. The van der Waals surface area contributed by atoms with Gasteiger partial charge in [-0.2, -0.15) is 0 Å². The van der Waals surface area contributed by atoms with Crippen molar-refractivity contribution in [3.05, 3.63) is 23.2 Å². The fourth-order valence-electron chi connectivity index (χ4n) is 2.40. The molecule has 1 aromatic rings. The van der Waals surface area contributed by atoms with E-state index in [4.69, 9.17) is 17.3 Å². The molecule has 1 saturated heterocycles. The van der Waals surface area contributed by atoms with Crippen LogP contribution in [0.3, 0.4) is 0 Å². The number of hydrogen-bond acceptors (Lipinski definition) is 3. The Hall–Kier alpha value is -0.930. The Kier molecular flexibility index (Phi) is 3.79. The highest BCUT2D eigenvalue weighted by atomic mass is 35.5. The number of nitrogen functional groups attached to an aromatic ring is 1. The number of rotatable bonds is 2. The largest absolute Gasteiger partial charge is 0.396 e. The van der Waals surface area contributed by atoms with Gasteiger partial charge in [0.05, 0.1) is 16.4 Å². The molecule has 1 unspecified atom stereocenters. The van der Waals surface area contributed by atoms with Gasteiger partial charge in [0.25, 0.3) is 0 Å². The zero-order valence-electron chi connectivity index (χ0n) is 10.5. The van der Waals surface area contributed by atoms with Gasteiger partial charge in [-0.3, -0.25) is 0 Å². The highest BCUT2D eigenvalue weighted by Crippen LogP contribution is 2.32. The third kappa shape index (κ3) is 2.67. The van der Waals surface area contributed by atoms with Crippen molar-refractivity contribution in [3.63, 3.8) is 0 Å². The molecule has 1 fully saturated rings. The van der Waals surface area contributed by atoms with Crippen molar-refractivity contribution in [2.45, 2.75) is 18.9 Å². The van der Waals surface area contributed by atoms with Crippen LogP contribution in [0.1, 0.15) is 12.8 Å². The molecule has 0 spiro atoms. The second-order valence-corrected chi connectivity index (χ2v) is 5.29. The summed E-state index contributed by atoms with van der Waals surface area (Å²) in [7, 11) is 4.27. The maximum absolute atomic E-state index is 6.07. The van der Waals surface area contributed by atoms with Gasteiger partial charge in [0.1, 0.15) is 0 Å². The van der Waals surface area contributed by atoms with E-state index in [0.29, 0.717) is 16.8 Å². The molecule has 0 saturated carbocycles. The second kappa shape index (κ2) is 5.15. The fourth-order valence-corrected chi connectivity index (χ4v) is 2.57. The van der Waals surface area contributed by atoms with Crippen molar-refractivity contribution in [3.8, 4) is 0 Å². The number of hydrogen-bond donors (Lipinski definition) is 1. The van der Waals surface area contributed by atoms with Crippen LogP contribution in [-0.4, -0.2) is 38.1 Å². The lowest BCUT2D eigenvalue weighted by Gasteiger charge is -2.38. The van der Waals surface area contributed by atoms with Crippen LogP contribution in [0.2, 0.25) is 5.02 Å². The summed E-state index contributed by atoms with van der Waals surface area (Å²) >= 11 is 6.07. The Morgan fingerprint density at radius 2 is 2.18 bits per heavy atom. The average Bonchev–Trinajstić information content (AvgIpc) is 2.33. The average molecular weight is 254 g/mol. The molecule has 0 aromatic heterocycles. The van der Waals surface area contributed by atoms with Crippen molar-refractivity contribution in [2.75, 3.05) is 37.8 Å². The van der Waals surface area contributed by atoms with E-state index < -0.39 is 0 Å². The van der Waals surface area contributed by atoms with E-state index in [0.717, 1.165) is 18.8 Å². The minimum atomic E-state index is 0.599. The van der Waals surface area contributed by atoms with Crippen molar-refractivity contribution >= 4 is 23.0 Å². The molecular weight excluding hydrogens is 234 g/mol. The van der Waals surface area contributed by atoms with E-state index in [1.54, 1.807) is 0 Å². The topological polar surface area (TPSA) is 32.5 Å². The molecule has 2 rings (SSSR count). The Morgan fingerprint density at radius 3 is 2.88 bits per heavy atom. The summed E-state index contributed by atoms with van der Waals surface area (Å²) in [6, 6.07) is 6.46. The monoisotopic (exact) mass is 253 g/mol. The molecule has 2 N–H and O–H groups in total. The maximum atomic E-state index is 6.07. The van der Waals surface area contributed by atoms with Crippen molar-refractivity contribution in [2.24, 2.45) is 0 Å². The summed E-state index contributed by atoms with van der Waals surface area (Å²) in [4.78, 5) is 4.63. The van der Waals surface area contributed by atoms with Gasteiger partial charge in [-0.15, -0.1) is 0 Å². The minimum absolute atomic E-state index is 0.599. The number of piperidine rings is 1. The number of nitrogens with zero attached hydrogens (tertiary/aromatic N) is 2. The minimum Gasteiger partial charge on any atom is -0.396 e. The van der Waals surface area contributed by atoms with E-state index in [2.05, 4.69) is 30.0 Å². The molecule has 94 valence electrons. The van der Waals surface area contributed by atoms with Gasteiger partial charge in [0.2, 0.25) is 0 Å². The number of likely N-dealkylation sites (N-methyl/N-ethyl adjacent to an activating group) is 1. The maximum Gasteiger partial charge on any atom is 0.0741 e. The van der Waals surface area contributed by atoms with Crippen molar-refractivity contribution < 1.29 is 0 Å². The van der Waals surface area contributed by atoms with Crippen LogP contribution in [0.15, 0.2) is 18.2 Å². The predicted molar refractivity (Wildman–Crippen MR) is 74.8 cm³/mol. The third-order valence-electron chi connectivity index (χ3n) is 3.50. The molecule has 3 nitrogen and oxygen atoms in total. The van der Waals surface area contributed by atoms with Crippen LogP contribution < -0.4 is 10.6 Å². The molecule has 1 aliphatic rings. The molecule has 0 amide bonds. The van der Waals surface area contributed by atoms with Gasteiger partial charge in [0, 0.05) is 19.1 Å². The smallest absolute Gasteiger partial charge is 0.0741 e. The van der Waals surface area contributed by atoms with Crippen LogP contribution >= 0.6 is 11.6 Å². The van der Waals surface area contributed by atoms with Gasteiger partial charge < -0.3 is 15.5 Å². The molecule has 0 radical (unpaired) electrons. The summed E-state index contributed by atoms with van der Waals surface area (Å²) in [5.41, 5.74) is 7.82. The quantitative estimate of drug-likeness (QED) is 0.822. The van der Waals surface area contributed by atoms with Crippen LogP contribution in [0.4, 0.5) is 11.4 Å². The number of para-hydroxylation sites is 1. The van der Waals surface area contributed by atoms with E-state index in [1.165, 1.54) is 12.8 Å². The van der Waals surface area contributed by atoms with Gasteiger partial charge in [-0.1, -0.05) is 17.7 Å². The molecular formula is C13H20ClN3. The second-order valence-electron chi connectivity index (χ2n) is 4.88. The molecule has 1 aromatic carbocycles. The summed E-state index contributed by atoms with van der Waals surface area (Å²) in [6.07, 6.45) is 2.46. The molecule has 17 heavy (non-hydrogen) atoms. The fraction of sp³-hybridized carbons (Fsp3) is 0.538. The molecule has 1 atom stereocenters. The van der Waals surface area contributed by atoms with Crippen LogP contribution in [0.5, 0.6) is 0 Å². The number of benzene rings is 1. The highest BCUT2D eigenvalue weighted by Gasteiger charge is 2.22. The first-order valence-electron chi connectivity index (χ1n) is 6.05. The Labute approximate surface area is 108 Å². The van der Waals surface area contributed by atoms with Gasteiger partial charge in [0.15, 0.2) is 0 Å². The zero-order valence-corrected chi connectivity index (χ0v) is 11.2. The Bertz CT molecular complexity index is 392. The molecule has 0 aliphatic carbocycles. The van der Waals surface area contributed by atoms with E-state index in [9.17, 15) is 0 Å². The number of nitrogens with two attached hydrogens (primary N) is 1. The lowest BCUT2D eigenvalue weighted by atomic mass is 10.0. The Morgan fingerprint density at radius 1 is 1.41 bits per heavy atom. The number of halogens is 1. The Balaban J connectivity index is 2.19. The van der Waals surface area contributed by atoms with Gasteiger partial charge >= 0.3 is 0 Å². The zero-order chi connectivity index (χ0) is 12.4. The standard InChI is InChI=1S/C13H20ClN3/c1-16(2)10-5-4-8-17(9-10)12-7-3-6-11(14)13(12)15/h3,6-7,10H,4-5,8-9,15H2,1-2H3. The van der Waals surface area contributed by atoms with Crippen LogP contribution in [0.25, 0.3) is 0 Å². The first-order chi connectivity index (χ1) is 8.09.